The lowest BCUT2D eigenvalue weighted by Crippen LogP contribution is -2.23. The molecule has 0 aliphatic rings. The molecule has 0 aliphatic heterocycles. The molecule has 1 aromatic rings. The molecule has 0 fully saturated rings. The van der Waals surface area contributed by atoms with E-state index < -0.39 is 9.84 Å². The predicted molar refractivity (Wildman–Crippen MR) is 66.1 cm³/mol. The average Bonchev–Trinajstić information content (AvgIpc) is 2.17. The molecule has 3 nitrogen and oxygen atoms in total. The van der Waals surface area contributed by atoms with Crippen LogP contribution in [0, 0.1) is 0 Å². The lowest BCUT2D eigenvalue weighted by molar-refractivity contribution is 0.586. The highest BCUT2D eigenvalue weighted by atomic mass is 32.2. The van der Waals surface area contributed by atoms with Crippen LogP contribution in [0.1, 0.15) is 25.3 Å². The molecule has 1 aromatic carbocycles. The minimum atomic E-state index is -3.15. The molecule has 0 aromatic heterocycles. The van der Waals surface area contributed by atoms with Gasteiger partial charge in [0.25, 0.3) is 0 Å². The summed E-state index contributed by atoms with van der Waals surface area (Å²) >= 11 is 0. The van der Waals surface area contributed by atoms with Gasteiger partial charge in [-0.3, -0.25) is 0 Å². The summed E-state index contributed by atoms with van der Waals surface area (Å²) in [5.41, 5.74) is 6.76. The number of nitrogens with two attached hydrogens (primary N) is 1. The summed E-state index contributed by atoms with van der Waals surface area (Å²) in [5, 5.41) is 0. The lowest BCUT2D eigenvalue weighted by Gasteiger charge is -2.13. The van der Waals surface area contributed by atoms with Crippen LogP contribution >= 0.6 is 0 Å². The Kier molecular flexibility index (Phi) is 4.50. The Balaban J connectivity index is 2.96. The number of hydrogen-bond donors (Lipinski definition) is 1. The number of hydrogen-bond acceptors (Lipinski definition) is 3. The van der Waals surface area contributed by atoms with Gasteiger partial charge in [-0.2, -0.15) is 0 Å². The predicted octanol–water partition coefficient (Wildman–Crippen LogP) is 1.76. The van der Waals surface area contributed by atoms with Crippen LogP contribution in [0.15, 0.2) is 29.2 Å². The summed E-state index contributed by atoms with van der Waals surface area (Å²) in [6.45, 7) is 2.07. The molecule has 4 heteroatoms. The first-order chi connectivity index (χ1) is 7.45. The quantitative estimate of drug-likeness (QED) is 0.854. The van der Waals surface area contributed by atoms with Crippen LogP contribution in [0.25, 0.3) is 0 Å². The standard InChI is InChI=1S/C12H19NO2S/c1-3-6-11(13)9-10-7-4-5-8-12(10)16(2,14)15/h4-5,7-8,11H,3,6,9,13H2,1-2H3. The van der Waals surface area contributed by atoms with Crippen LogP contribution in [0.2, 0.25) is 0 Å². The van der Waals surface area contributed by atoms with Gasteiger partial charge in [-0.25, -0.2) is 8.42 Å². The van der Waals surface area contributed by atoms with E-state index in [0.717, 1.165) is 18.4 Å². The van der Waals surface area contributed by atoms with Gasteiger partial charge in [0, 0.05) is 12.3 Å². The van der Waals surface area contributed by atoms with Gasteiger partial charge >= 0.3 is 0 Å². The third kappa shape index (κ3) is 3.61. The molecule has 1 atom stereocenters. The first-order valence-electron chi connectivity index (χ1n) is 5.48. The summed E-state index contributed by atoms with van der Waals surface area (Å²) in [6.07, 6.45) is 3.79. The Morgan fingerprint density at radius 2 is 1.94 bits per heavy atom. The Bertz CT molecular complexity index is 440. The third-order valence-corrected chi connectivity index (χ3v) is 3.71. The summed E-state index contributed by atoms with van der Waals surface area (Å²) in [4.78, 5) is 0.404. The van der Waals surface area contributed by atoms with Crippen LogP contribution in [-0.2, 0) is 16.3 Å². The van der Waals surface area contributed by atoms with Crippen molar-refractivity contribution in [3.8, 4) is 0 Å². The molecule has 1 rings (SSSR count). The first kappa shape index (κ1) is 13.2. The topological polar surface area (TPSA) is 60.2 Å². The molecule has 0 heterocycles. The SMILES string of the molecule is CCCC(N)Cc1ccccc1S(C)(=O)=O. The van der Waals surface area contributed by atoms with Gasteiger partial charge in [0.15, 0.2) is 9.84 Å². The van der Waals surface area contributed by atoms with E-state index in [-0.39, 0.29) is 6.04 Å². The van der Waals surface area contributed by atoms with Crippen molar-refractivity contribution in [3.05, 3.63) is 29.8 Å². The summed E-state index contributed by atoms with van der Waals surface area (Å²) in [7, 11) is -3.15. The molecule has 16 heavy (non-hydrogen) atoms. The highest BCUT2D eigenvalue weighted by Crippen LogP contribution is 2.17. The second-order valence-electron chi connectivity index (χ2n) is 4.13. The van der Waals surface area contributed by atoms with Gasteiger partial charge in [0.1, 0.15) is 0 Å². The highest BCUT2D eigenvalue weighted by molar-refractivity contribution is 7.90. The minimum absolute atomic E-state index is 0.0351. The molecule has 0 spiro atoms. The lowest BCUT2D eigenvalue weighted by atomic mass is 10.0. The molecule has 0 radical (unpaired) electrons. The van der Waals surface area contributed by atoms with Gasteiger partial charge < -0.3 is 5.73 Å². The van der Waals surface area contributed by atoms with Crippen molar-refractivity contribution in [2.75, 3.05) is 6.26 Å². The zero-order chi connectivity index (χ0) is 12.2. The smallest absolute Gasteiger partial charge is 0.175 e. The maximum absolute atomic E-state index is 11.6. The second-order valence-corrected chi connectivity index (χ2v) is 6.12. The van der Waals surface area contributed by atoms with E-state index in [9.17, 15) is 8.42 Å². The Morgan fingerprint density at radius 1 is 1.31 bits per heavy atom. The van der Waals surface area contributed by atoms with E-state index in [1.807, 2.05) is 12.1 Å². The molecule has 2 N–H and O–H groups in total. The van der Waals surface area contributed by atoms with Crippen molar-refractivity contribution in [1.29, 1.82) is 0 Å². The molecule has 0 bridgehead atoms. The van der Waals surface area contributed by atoms with Crippen molar-refractivity contribution in [3.63, 3.8) is 0 Å². The van der Waals surface area contributed by atoms with Crippen LogP contribution in [0.5, 0.6) is 0 Å². The zero-order valence-corrected chi connectivity index (χ0v) is 10.6. The number of benzene rings is 1. The van der Waals surface area contributed by atoms with Gasteiger partial charge in [0.2, 0.25) is 0 Å². The van der Waals surface area contributed by atoms with Crippen LogP contribution < -0.4 is 5.73 Å². The Labute approximate surface area is 97.6 Å². The second kappa shape index (κ2) is 5.46. The van der Waals surface area contributed by atoms with Gasteiger partial charge in [-0.05, 0) is 24.5 Å². The maximum atomic E-state index is 11.6. The first-order valence-corrected chi connectivity index (χ1v) is 7.37. The normalized spacial score (nSPS) is 13.7. The van der Waals surface area contributed by atoms with Crippen molar-refractivity contribution in [2.24, 2.45) is 5.73 Å². The van der Waals surface area contributed by atoms with Crippen LogP contribution in [0.3, 0.4) is 0 Å². The summed E-state index contributed by atoms with van der Waals surface area (Å²) < 4.78 is 23.1. The Morgan fingerprint density at radius 3 is 2.50 bits per heavy atom. The van der Waals surface area contributed by atoms with Crippen molar-refractivity contribution < 1.29 is 8.42 Å². The Hall–Kier alpha value is -0.870. The molecular formula is C12H19NO2S. The van der Waals surface area contributed by atoms with Gasteiger partial charge in [-0.1, -0.05) is 31.5 Å². The van der Waals surface area contributed by atoms with Gasteiger partial charge in [-0.15, -0.1) is 0 Å². The molecule has 0 saturated heterocycles. The molecule has 0 saturated carbocycles. The fourth-order valence-corrected chi connectivity index (χ4v) is 2.74. The van der Waals surface area contributed by atoms with Gasteiger partial charge in [0.05, 0.1) is 4.90 Å². The summed E-state index contributed by atoms with van der Waals surface area (Å²) in [6, 6.07) is 7.11. The number of rotatable bonds is 5. The van der Waals surface area contributed by atoms with E-state index in [4.69, 9.17) is 5.73 Å². The summed E-state index contributed by atoms with van der Waals surface area (Å²) in [5.74, 6) is 0. The van der Waals surface area contributed by atoms with E-state index in [0.29, 0.717) is 11.3 Å². The largest absolute Gasteiger partial charge is 0.327 e. The fourth-order valence-electron chi connectivity index (χ4n) is 1.79. The zero-order valence-electron chi connectivity index (χ0n) is 9.81. The van der Waals surface area contributed by atoms with E-state index in [1.54, 1.807) is 12.1 Å². The van der Waals surface area contributed by atoms with Crippen LogP contribution in [0.4, 0.5) is 0 Å². The molecule has 0 aliphatic carbocycles. The van der Waals surface area contributed by atoms with Crippen LogP contribution in [-0.4, -0.2) is 20.7 Å². The molecule has 0 amide bonds. The van der Waals surface area contributed by atoms with E-state index >= 15 is 0 Å². The van der Waals surface area contributed by atoms with E-state index in [2.05, 4.69) is 6.92 Å². The number of sulfone groups is 1. The van der Waals surface area contributed by atoms with Crippen molar-refractivity contribution >= 4 is 9.84 Å². The molecule has 1 unspecified atom stereocenters. The minimum Gasteiger partial charge on any atom is -0.327 e. The van der Waals surface area contributed by atoms with Crippen molar-refractivity contribution in [1.82, 2.24) is 0 Å². The van der Waals surface area contributed by atoms with Crippen molar-refractivity contribution in [2.45, 2.75) is 37.1 Å². The molecule has 90 valence electrons. The average molecular weight is 241 g/mol. The monoisotopic (exact) mass is 241 g/mol. The maximum Gasteiger partial charge on any atom is 0.175 e. The fraction of sp³-hybridized carbons (Fsp3) is 0.500. The van der Waals surface area contributed by atoms with E-state index in [1.165, 1.54) is 6.26 Å². The highest BCUT2D eigenvalue weighted by Gasteiger charge is 2.14. The molecular weight excluding hydrogens is 222 g/mol. The third-order valence-electron chi connectivity index (χ3n) is 2.51.